The Morgan fingerprint density at radius 1 is 1.24 bits per heavy atom. The van der Waals surface area contributed by atoms with Gasteiger partial charge in [-0.05, 0) is 65.3 Å². The van der Waals surface area contributed by atoms with Crippen molar-refractivity contribution in [2.75, 3.05) is 40.3 Å². The van der Waals surface area contributed by atoms with Gasteiger partial charge in [0, 0.05) is 12.6 Å². The van der Waals surface area contributed by atoms with Crippen LogP contribution in [0.5, 0.6) is 0 Å². The minimum absolute atomic E-state index is 0.416. The third-order valence-corrected chi connectivity index (χ3v) is 3.81. The molecule has 1 fully saturated rings. The molecule has 1 atom stereocenters. The molecule has 3 heteroatoms. The summed E-state index contributed by atoms with van der Waals surface area (Å²) >= 11 is 0. The summed E-state index contributed by atoms with van der Waals surface area (Å²) in [6, 6.07) is 0.416. The van der Waals surface area contributed by atoms with E-state index < -0.39 is 0 Å². The lowest BCUT2D eigenvalue weighted by atomic mass is 9.96. The highest BCUT2D eigenvalue weighted by Gasteiger charge is 2.19. The van der Waals surface area contributed by atoms with E-state index in [1.165, 1.54) is 58.3 Å². The largest absolute Gasteiger partial charge is 0.328 e. The lowest BCUT2D eigenvalue weighted by molar-refractivity contribution is 0.158. The van der Waals surface area contributed by atoms with Crippen molar-refractivity contribution in [2.45, 2.75) is 45.1 Å². The Hall–Kier alpha value is -0.120. The van der Waals surface area contributed by atoms with Crippen LogP contribution in [0.4, 0.5) is 0 Å². The summed E-state index contributed by atoms with van der Waals surface area (Å²) in [7, 11) is 4.35. The van der Waals surface area contributed by atoms with Gasteiger partial charge in [-0.1, -0.05) is 13.3 Å². The molecule has 1 heterocycles. The number of hydrogen-bond acceptors (Lipinski definition) is 3. The molecule has 3 nitrogen and oxygen atoms in total. The summed E-state index contributed by atoms with van der Waals surface area (Å²) in [6.45, 7) is 7.22. The minimum atomic E-state index is 0.416. The molecule has 1 aliphatic rings. The van der Waals surface area contributed by atoms with Gasteiger partial charge >= 0.3 is 0 Å². The summed E-state index contributed by atoms with van der Waals surface area (Å²) < 4.78 is 0. The van der Waals surface area contributed by atoms with Gasteiger partial charge in [0.1, 0.15) is 0 Å². The van der Waals surface area contributed by atoms with Crippen molar-refractivity contribution in [3.63, 3.8) is 0 Å². The van der Waals surface area contributed by atoms with Gasteiger partial charge in [-0.2, -0.15) is 0 Å². The molecule has 0 aromatic carbocycles. The van der Waals surface area contributed by atoms with Crippen LogP contribution in [0.25, 0.3) is 0 Å². The monoisotopic (exact) mass is 241 g/mol. The Kier molecular flexibility index (Phi) is 7.09. The first-order valence-corrected chi connectivity index (χ1v) is 7.24. The molecule has 0 bridgehead atoms. The summed E-state index contributed by atoms with van der Waals surface area (Å²) in [5, 5.41) is 0. The van der Waals surface area contributed by atoms with E-state index in [4.69, 9.17) is 5.73 Å². The molecule has 0 aromatic heterocycles. The van der Waals surface area contributed by atoms with Gasteiger partial charge in [-0.15, -0.1) is 0 Å². The van der Waals surface area contributed by atoms with E-state index >= 15 is 0 Å². The second kappa shape index (κ2) is 8.06. The number of likely N-dealkylation sites (tertiary alicyclic amines) is 1. The summed E-state index contributed by atoms with van der Waals surface area (Å²) in [5.74, 6) is 0.908. The van der Waals surface area contributed by atoms with E-state index in [-0.39, 0.29) is 0 Å². The van der Waals surface area contributed by atoms with Crippen molar-refractivity contribution in [3.05, 3.63) is 0 Å². The molecule has 1 saturated heterocycles. The fraction of sp³-hybridized carbons (Fsp3) is 1.00. The normalized spacial score (nSPS) is 21.0. The predicted octanol–water partition coefficient (Wildman–Crippen LogP) is 1.78. The average Bonchev–Trinajstić information content (AvgIpc) is 2.28. The highest BCUT2D eigenvalue weighted by atomic mass is 15.1. The maximum absolute atomic E-state index is 6.06. The van der Waals surface area contributed by atoms with Crippen LogP contribution in [0.1, 0.15) is 39.0 Å². The van der Waals surface area contributed by atoms with E-state index in [2.05, 4.69) is 30.8 Å². The first-order chi connectivity index (χ1) is 8.11. The molecule has 1 aliphatic heterocycles. The maximum Gasteiger partial charge on any atom is 0.00509 e. The van der Waals surface area contributed by atoms with E-state index in [0.29, 0.717) is 6.04 Å². The molecule has 0 aliphatic carbocycles. The zero-order valence-electron chi connectivity index (χ0n) is 12.0. The zero-order valence-corrected chi connectivity index (χ0v) is 12.0. The molecular weight excluding hydrogens is 210 g/mol. The highest BCUT2D eigenvalue weighted by Crippen LogP contribution is 2.18. The van der Waals surface area contributed by atoms with Gasteiger partial charge in [0.2, 0.25) is 0 Å². The van der Waals surface area contributed by atoms with Crippen LogP contribution in [-0.2, 0) is 0 Å². The number of rotatable bonds is 7. The quantitative estimate of drug-likeness (QED) is 0.737. The second-order valence-electron chi connectivity index (χ2n) is 5.88. The summed E-state index contributed by atoms with van der Waals surface area (Å²) in [4.78, 5) is 4.92. The van der Waals surface area contributed by atoms with Crippen molar-refractivity contribution in [3.8, 4) is 0 Å². The Balaban J connectivity index is 2.10. The Labute approximate surface area is 107 Å². The number of nitrogens with two attached hydrogens (primary N) is 1. The van der Waals surface area contributed by atoms with Crippen LogP contribution in [0.3, 0.4) is 0 Å². The van der Waals surface area contributed by atoms with Crippen molar-refractivity contribution >= 4 is 0 Å². The summed E-state index contributed by atoms with van der Waals surface area (Å²) in [5.41, 5.74) is 6.06. The average molecular weight is 241 g/mol. The minimum Gasteiger partial charge on any atom is -0.328 e. The maximum atomic E-state index is 6.06. The lowest BCUT2D eigenvalue weighted by Gasteiger charge is -2.33. The van der Waals surface area contributed by atoms with Crippen LogP contribution in [-0.4, -0.2) is 56.1 Å². The molecule has 2 N–H and O–H groups in total. The fourth-order valence-corrected chi connectivity index (χ4v) is 2.77. The molecule has 0 aromatic rings. The zero-order chi connectivity index (χ0) is 12.7. The fourth-order valence-electron chi connectivity index (χ4n) is 2.77. The van der Waals surface area contributed by atoms with Gasteiger partial charge in [0.25, 0.3) is 0 Å². The van der Waals surface area contributed by atoms with Gasteiger partial charge < -0.3 is 15.5 Å². The van der Waals surface area contributed by atoms with Crippen molar-refractivity contribution in [1.29, 1.82) is 0 Å². The Morgan fingerprint density at radius 3 is 2.41 bits per heavy atom. The first-order valence-electron chi connectivity index (χ1n) is 7.24. The van der Waals surface area contributed by atoms with Crippen LogP contribution in [0, 0.1) is 5.92 Å². The number of nitrogens with zero attached hydrogens (tertiary/aromatic N) is 2. The van der Waals surface area contributed by atoms with Gasteiger partial charge in [-0.25, -0.2) is 0 Å². The van der Waals surface area contributed by atoms with Crippen molar-refractivity contribution < 1.29 is 0 Å². The van der Waals surface area contributed by atoms with Gasteiger partial charge in [0.05, 0.1) is 0 Å². The van der Waals surface area contributed by atoms with E-state index in [1.807, 2.05) is 0 Å². The molecule has 0 spiro atoms. The predicted molar refractivity (Wildman–Crippen MR) is 75.2 cm³/mol. The van der Waals surface area contributed by atoms with E-state index in [1.54, 1.807) is 0 Å². The molecule has 0 amide bonds. The van der Waals surface area contributed by atoms with Gasteiger partial charge in [-0.3, -0.25) is 0 Å². The van der Waals surface area contributed by atoms with Crippen LogP contribution < -0.4 is 5.73 Å². The molecular formula is C14H31N3. The molecule has 1 unspecified atom stereocenters. The van der Waals surface area contributed by atoms with Crippen molar-refractivity contribution in [1.82, 2.24) is 9.80 Å². The van der Waals surface area contributed by atoms with Gasteiger partial charge in [0.15, 0.2) is 0 Å². The third-order valence-electron chi connectivity index (χ3n) is 3.81. The Bertz CT molecular complexity index is 186. The summed E-state index contributed by atoms with van der Waals surface area (Å²) in [6.07, 6.45) is 6.29. The third kappa shape index (κ3) is 6.39. The second-order valence-corrected chi connectivity index (χ2v) is 5.88. The lowest BCUT2D eigenvalue weighted by Crippen LogP contribution is -2.39. The van der Waals surface area contributed by atoms with Crippen molar-refractivity contribution in [2.24, 2.45) is 11.7 Å². The van der Waals surface area contributed by atoms with E-state index in [9.17, 15) is 0 Å². The molecule has 0 radical (unpaired) electrons. The smallest absolute Gasteiger partial charge is 0.00509 e. The number of piperidine rings is 1. The van der Waals surface area contributed by atoms with Crippen LogP contribution >= 0.6 is 0 Å². The topological polar surface area (TPSA) is 32.5 Å². The first kappa shape index (κ1) is 14.9. The Morgan fingerprint density at radius 2 is 1.88 bits per heavy atom. The van der Waals surface area contributed by atoms with E-state index in [0.717, 1.165) is 5.92 Å². The molecule has 0 saturated carbocycles. The number of hydrogen-bond donors (Lipinski definition) is 1. The molecule has 1 rings (SSSR count). The molecule has 102 valence electrons. The van der Waals surface area contributed by atoms with Crippen LogP contribution in [0.2, 0.25) is 0 Å². The standard InChI is InChI=1S/C14H31N3/c1-4-5-14(15)8-11-17-9-6-13(7-10-17)12-16(2)3/h13-14H,4-12,15H2,1-3H3. The SMILES string of the molecule is CCCC(N)CCN1CCC(CN(C)C)CC1. The highest BCUT2D eigenvalue weighted by molar-refractivity contribution is 4.75. The molecule has 17 heavy (non-hydrogen) atoms. The van der Waals surface area contributed by atoms with Crippen LogP contribution in [0.15, 0.2) is 0 Å².